The molecule has 2 rings (SSSR count). The van der Waals surface area contributed by atoms with Crippen molar-refractivity contribution in [1.29, 1.82) is 0 Å². The van der Waals surface area contributed by atoms with Crippen LogP contribution >= 0.6 is 11.6 Å². The smallest absolute Gasteiger partial charge is 0.293 e. The summed E-state index contributed by atoms with van der Waals surface area (Å²) >= 11 is 5.84. The standard InChI is InChI=1S/C15H14ClN3O4/c16-11-2-1-3-12(9-11)18-15(21)10-4-5-13(17-6-7-20)14(8-10)19(22)23/h1-5,8-9,17,20H,6-7H2,(H,18,21). The summed E-state index contributed by atoms with van der Waals surface area (Å²) in [5.74, 6) is -0.482. The number of nitro groups is 1. The molecule has 0 heterocycles. The van der Waals surface area contributed by atoms with Gasteiger partial charge in [-0.25, -0.2) is 0 Å². The first-order valence-corrected chi connectivity index (χ1v) is 7.09. The molecule has 0 fully saturated rings. The van der Waals surface area contributed by atoms with Gasteiger partial charge in [0.25, 0.3) is 11.6 Å². The van der Waals surface area contributed by atoms with Crippen LogP contribution in [0.1, 0.15) is 10.4 Å². The lowest BCUT2D eigenvalue weighted by Gasteiger charge is -2.08. The van der Waals surface area contributed by atoms with Crippen molar-refractivity contribution in [2.45, 2.75) is 0 Å². The van der Waals surface area contributed by atoms with Gasteiger partial charge < -0.3 is 15.7 Å². The van der Waals surface area contributed by atoms with E-state index in [9.17, 15) is 14.9 Å². The Morgan fingerprint density at radius 2 is 2.04 bits per heavy atom. The lowest BCUT2D eigenvalue weighted by Crippen LogP contribution is -2.13. The fourth-order valence-corrected chi connectivity index (χ4v) is 2.12. The highest BCUT2D eigenvalue weighted by atomic mass is 35.5. The number of benzene rings is 2. The van der Waals surface area contributed by atoms with Crippen molar-refractivity contribution in [1.82, 2.24) is 0 Å². The number of rotatable bonds is 6. The minimum absolute atomic E-state index is 0.145. The molecule has 2 aromatic carbocycles. The SMILES string of the molecule is O=C(Nc1cccc(Cl)c1)c1ccc(NCCO)c([N+](=O)[O-])c1. The predicted octanol–water partition coefficient (Wildman–Crippen LogP) is 2.90. The van der Waals surface area contributed by atoms with Crippen LogP contribution in [0.2, 0.25) is 5.02 Å². The van der Waals surface area contributed by atoms with Crippen molar-refractivity contribution in [3.8, 4) is 0 Å². The van der Waals surface area contributed by atoms with Crippen molar-refractivity contribution < 1.29 is 14.8 Å². The summed E-state index contributed by atoms with van der Waals surface area (Å²) in [6.45, 7) is 0.0169. The van der Waals surface area contributed by atoms with E-state index >= 15 is 0 Å². The van der Waals surface area contributed by atoms with Crippen molar-refractivity contribution >= 4 is 34.6 Å². The van der Waals surface area contributed by atoms with E-state index in [1.165, 1.54) is 18.2 Å². The highest BCUT2D eigenvalue weighted by Gasteiger charge is 2.17. The summed E-state index contributed by atoms with van der Waals surface area (Å²) in [6.07, 6.45) is 0. The van der Waals surface area contributed by atoms with Crippen molar-refractivity contribution in [3.63, 3.8) is 0 Å². The first-order chi connectivity index (χ1) is 11.0. The van der Waals surface area contributed by atoms with Crippen LogP contribution in [0.15, 0.2) is 42.5 Å². The zero-order valence-corrected chi connectivity index (χ0v) is 12.7. The summed E-state index contributed by atoms with van der Waals surface area (Å²) < 4.78 is 0. The molecule has 23 heavy (non-hydrogen) atoms. The Bertz CT molecular complexity index is 736. The van der Waals surface area contributed by atoms with Crippen LogP contribution in [0.4, 0.5) is 17.1 Å². The first kappa shape index (κ1) is 16.7. The molecule has 0 saturated carbocycles. The number of nitro benzene ring substituents is 1. The molecule has 3 N–H and O–H groups in total. The molecule has 0 aliphatic heterocycles. The molecule has 0 bridgehead atoms. The average molecular weight is 336 g/mol. The van der Waals surface area contributed by atoms with Gasteiger partial charge in [-0.2, -0.15) is 0 Å². The van der Waals surface area contributed by atoms with Gasteiger partial charge in [0.1, 0.15) is 5.69 Å². The fourth-order valence-electron chi connectivity index (χ4n) is 1.93. The minimum Gasteiger partial charge on any atom is -0.395 e. The van der Waals surface area contributed by atoms with E-state index in [1.54, 1.807) is 24.3 Å². The highest BCUT2D eigenvalue weighted by Crippen LogP contribution is 2.26. The van der Waals surface area contributed by atoms with E-state index in [4.69, 9.17) is 16.7 Å². The van der Waals surface area contributed by atoms with E-state index in [0.29, 0.717) is 10.7 Å². The number of carbonyl (C=O) groups is 1. The van der Waals surface area contributed by atoms with Gasteiger partial charge in [-0.3, -0.25) is 14.9 Å². The third-order valence-corrected chi connectivity index (χ3v) is 3.20. The monoisotopic (exact) mass is 335 g/mol. The number of carbonyl (C=O) groups excluding carboxylic acids is 1. The van der Waals surface area contributed by atoms with Crippen LogP contribution < -0.4 is 10.6 Å². The van der Waals surface area contributed by atoms with Crippen LogP contribution in [0.5, 0.6) is 0 Å². The number of amides is 1. The second-order valence-electron chi connectivity index (χ2n) is 4.60. The number of nitrogens with zero attached hydrogens (tertiary/aromatic N) is 1. The molecule has 0 radical (unpaired) electrons. The Hall–Kier alpha value is -2.64. The summed E-state index contributed by atoms with van der Waals surface area (Å²) in [7, 11) is 0. The van der Waals surface area contributed by atoms with Gasteiger partial charge in [0.05, 0.1) is 11.5 Å². The minimum atomic E-state index is -0.587. The second kappa shape index (κ2) is 7.57. The van der Waals surface area contributed by atoms with Crippen LogP contribution in [-0.2, 0) is 0 Å². The molecule has 0 spiro atoms. The lowest BCUT2D eigenvalue weighted by atomic mass is 10.1. The maximum Gasteiger partial charge on any atom is 0.293 e. The van der Waals surface area contributed by atoms with Gasteiger partial charge in [-0.05, 0) is 30.3 Å². The molecular weight excluding hydrogens is 322 g/mol. The van der Waals surface area contributed by atoms with E-state index in [-0.39, 0.29) is 30.1 Å². The summed E-state index contributed by atoms with van der Waals surface area (Å²) in [5, 5.41) is 25.7. The Morgan fingerprint density at radius 1 is 1.26 bits per heavy atom. The van der Waals surface area contributed by atoms with Crippen molar-refractivity contribution in [2.24, 2.45) is 0 Å². The van der Waals surface area contributed by atoms with Gasteiger partial charge in [0.2, 0.25) is 0 Å². The van der Waals surface area contributed by atoms with E-state index in [0.717, 1.165) is 0 Å². The third-order valence-electron chi connectivity index (χ3n) is 2.97. The number of aliphatic hydroxyl groups excluding tert-OH is 1. The van der Waals surface area contributed by atoms with E-state index in [2.05, 4.69) is 10.6 Å². The van der Waals surface area contributed by atoms with E-state index in [1.807, 2.05) is 0 Å². The number of hydrogen-bond acceptors (Lipinski definition) is 5. The van der Waals surface area contributed by atoms with Gasteiger partial charge >= 0.3 is 0 Å². The lowest BCUT2D eigenvalue weighted by molar-refractivity contribution is -0.384. The average Bonchev–Trinajstić information content (AvgIpc) is 2.52. The number of anilines is 2. The molecule has 0 aliphatic rings. The molecule has 0 unspecified atom stereocenters. The fraction of sp³-hybridized carbons (Fsp3) is 0.133. The molecule has 7 nitrogen and oxygen atoms in total. The molecule has 0 atom stereocenters. The molecule has 2 aromatic rings. The van der Waals surface area contributed by atoms with Crippen LogP contribution in [0.25, 0.3) is 0 Å². The van der Waals surface area contributed by atoms with Gasteiger partial charge in [0.15, 0.2) is 0 Å². The van der Waals surface area contributed by atoms with Gasteiger partial charge in [0, 0.05) is 28.9 Å². The van der Waals surface area contributed by atoms with E-state index < -0.39 is 10.8 Å². The number of hydrogen-bond donors (Lipinski definition) is 3. The Morgan fingerprint density at radius 3 is 2.70 bits per heavy atom. The van der Waals surface area contributed by atoms with Crippen LogP contribution in [-0.4, -0.2) is 29.1 Å². The molecule has 8 heteroatoms. The largest absolute Gasteiger partial charge is 0.395 e. The number of halogens is 1. The zero-order valence-electron chi connectivity index (χ0n) is 12.0. The van der Waals surface area contributed by atoms with Crippen LogP contribution in [0, 0.1) is 10.1 Å². The first-order valence-electron chi connectivity index (χ1n) is 6.71. The van der Waals surface area contributed by atoms with Crippen molar-refractivity contribution in [3.05, 3.63) is 63.2 Å². The molecular formula is C15H14ClN3O4. The van der Waals surface area contributed by atoms with Gasteiger partial charge in [-0.1, -0.05) is 17.7 Å². The molecule has 1 amide bonds. The normalized spacial score (nSPS) is 10.2. The van der Waals surface area contributed by atoms with Gasteiger partial charge in [-0.15, -0.1) is 0 Å². The number of aliphatic hydroxyl groups is 1. The Labute approximate surface area is 137 Å². The zero-order chi connectivity index (χ0) is 16.8. The quantitative estimate of drug-likeness (QED) is 0.556. The molecule has 0 aromatic heterocycles. The predicted molar refractivity (Wildman–Crippen MR) is 88.1 cm³/mol. The maximum atomic E-state index is 12.2. The Balaban J connectivity index is 2.23. The summed E-state index contributed by atoms with van der Waals surface area (Å²) in [4.78, 5) is 22.7. The second-order valence-corrected chi connectivity index (χ2v) is 5.04. The molecule has 0 saturated heterocycles. The highest BCUT2D eigenvalue weighted by molar-refractivity contribution is 6.31. The van der Waals surface area contributed by atoms with Crippen molar-refractivity contribution in [2.75, 3.05) is 23.8 Å². The Kier molecular flexibility index (Phi) is 5.51. The summed E-state index contributed by atoms with van der Waals surface area (Å²) in [5.41, 5.74) is 0.638. The molecule has 0 aliphatic carbocycles. The maximum absolute atomic E-state index is 12.2. The third kappa shape index (κ3) is 4.41. The number of nitrogens with one attached hydrogen (secondary N) is 2. The van der Waals surface area contributed by atoms with Crippen LogP contribution in [0.3, 0.4) is 0 Å². The molecule has 120 valence electrons. The summed E-state index contributed by atoms with van der Waals surface area (Å²) in [6, 6.07) is 10.7. The topological polar surface area (TPSA) is 104 Å².